The molecule has 0 saturated carbocycles. The van der Waals surface area contributed by atoms with E-state index in [1.54, 1.807) is 0 Å². The summed E-state index contributed by atoms with van der Waals surface area (Å²) >= 11 is 4.04. The standard InChI is InChI=1S/C8H9NOS.C7H4O.CH5N/c9-8(10)7(11)6-4-2-1-3-5-6;8-7-5-2-1-3-6(7)4-5;1-2/h1-5,7,11H,(H2,9,10);1-4H;2H2,1H3. The minimum Gasteiger partial charge on any atom is -0.368 e. The minimum atomic E-state index is -0.490. The molecule has 0 fully saturated rings. The van der Waals surface area contributed by atoms with Crippen LogP contribution in [0.25, 0.3) is 0 Å². The van der Waals surface area contributed by atoms with E-state index in [2.05, 4.69) is 18.4 Å². The highest BCUT2D eigenvalue weighted by Crippen LogP contribution is 2.19. The summed E-state index contributed by atoms with van der Waals surface area (Å²) in [5.41, 5.74) is 12.1. The first-order chi connectivity index (χ1) is 10.1. The number of thiol groups is 1. The molecule has 21 heavy (non-hydrogen) atoms. The van der Waals surface area contributed by atoms with E-state index in [9.17, 15) is 9.59 Å². The van der Waals surface area contributed by atoms with Gasteiger partial charge in [-0.1, -0.05) is 48.5 Å². The number of ketones is 1. The van der Waals surface area contributed by atoms with Crippen molar-refractivity contribution in [2.24, 2.45) is 11.5 Å². The molecule has 4 nitrogen and oxygen atoms in total. The molecule has 1 atom stereocenters. The molecule has 1 amide bonds. The van der Waals surface area contributed by atoms with Gasteiger partial charge in [-0.05, 0) is 18.7 Å². The average Bonchev–Trinajstić information content (AvgIpc) is 2.57. The fourth-order valence-electron chi connectivity index (χ4n) is 1.69. The molecule has 0 aromatic heterocycles. The second-order valence-corrected chi connectivity index (χ2v) is 4.64. The van der Waals surface area contributed by atoms with Gasteiger partial charge in [0.1, 0.15) is 5.25 Å². The van der Waals surface area contributed by atoms with Crippen LogP contribution < -0.4 is 11.5 Å². The van der Waals surface area contributed by atoms with Crippen molar-refractivity contribution in [3.05, 3.63) is 71.3 Å². The molecule has 0 radical (unpaired) electrons. The van der Waals surface area contributed by atoms with Crippen molar-refractivity contribution in [2.75, 3.05) is 7.05 Å². The van der Waals surface area contributed by atoms with Gasteiger partial charge in [0.2, 0.25) is 5.91 Å². The molecule has 0 aliphatic heterocycles. The van der Waals surface area contributed by atoms with E-state index in [0.717, 1.165) is 16.7 Å². The van der Waals surface area contributed by atoms with Crippen LogP contribution in [-0.2, 0) is 4.79 Å². The Morgan fingerprint density at radius 2 is 1.52 bits per heavy atom. The molecule has 4 rings (SSSR count). The highest BCUT2D eigenvalue weighted by molar-refractivity contribution is 7.81. The molecule has 110 valence electrons. The fourth-order valence-corrected chi connectivity index (χ4v) is 1.86. The van der Waals surface area contributed by atoms with Gasteiger partial charge in [-0.2, -0.15) is 12.6 Å². The number of amides is 1. The Balaban J connectivity index is 0.000000194. The van der Waals surface area contributed by atoms with E-state index >= 15 is 0 Å². The SMILES string of the molecule is CN.NC(=O)C(S)c1ccccc1.O=C1c2cccc1c2. The fraction of sp³-hybridized carbons (Fsp3) is 0.125. The van der Waals surface area contributed by atoms with Gasteiger partial charge in [-0.15, -0.1) is 0 Å². The van der Waals surface area contributed by atoms with Crippen molar-refractivity contribution in [2.45, 2.75) is 5.25 Å². The summed E-state index contributed by atoms with van der Waals surface area (Å²) in [4.78, 5) is 21.3. The van der Waals surface area contributed by atoms with Crippen LogP contribution in [0, 0.1) is 0 Å². The van der Waals surface area contributed by atoms with Crippen molar-refractivity contribution in [3.8, 4) is 0 Å². The summed E-state index contributed by atoms with van der Waals surface area (Å²) in [5.74, 6) is -0.216. The van der Waals surface area contributed by atoms with Gasteiger partial charge in [0, 0.05) is 11.1 Å². The Bertz CT molecular complexity index is 586. The lowest BCUT2D eigenvalue weighted by Crippen LogP contribution is -2.16. The normalized spacial score (nSPS) is 11.9. The van der Waals surface area contributed by atoms with Gasteiger partial charge in [0.15, 0.2) is 5.78 Å². The number of hydrogen-bond donors (Lipinski definition) is 3. The number of nitrogens with two attached hydrogens (primary N) is 2. The number of rotatable bonds is 2. The quantitative estimate of drug-likeness (QED) is 0.632. The van der Waals surface area contributed by atoms with Crippen molar-refractivity contribution >= 4 is 24.3 Å². The van der Waals surface area contributed by atoms with Gasteiger partial charge in [-0.25, -0.2) is 0 Å². The summed E-state index contributed by atoms with van der Waals surface area (Å²) in [6.07, 6.45) is 0. The maximum Gasteiger partial charge on any atom is 0.234 e. The van der Waals surface area contributed by atoms with Gasteiger partial charge >= 0.3 is 0 Å². The van der Waals surface area contributed by atoms with Crippen LogP contribution >= 0.6 is 12.6 Å². The molecule has 0 spiro atoms. The number of benzene rings is 2. The summed E-state index contributed by atoms with van der Waals surface area (Å²) in [6, 6.07) is 16.7. The number of hydrogen-bond acceptors (Lipinski definition) is 4. The Hall–Kier alpha value is -2.11. The number of carbonyl (C=O) groups is 2. The zero-order chi connectivity index (χ0) is 15.8. The highest BCUT2D eigenvalue weighted by atomic mass is 32.1. The van der Waals surface area contributed by atoms with Crippen LogP contribution in [0.15, 0.2) is 54.6 Å². The molecule has 2 aliphatic carbocycles. The molecule has 2 aromatic rings. The van der Waals surface area contributed by atoms with Crippen LogP contribution in [-0.4, -0.2) is 18.7 Å². The highest BCUT2D eigenvalue weighted by Gasteiger charge is 2.17. The molecule has 2 bridgehead atoms. The third-order valence-corrected chi connectivity index (χ3v) is 3.32. The van der Waals surface area contributed by atoms with Crippen molar-refractivity contribution in [1.82, 2.24) is 0 Å². The molecule has 2 aromatic carbocycles. The first-order valence-corrected chi connectivity index (χ1v) is 6.86. The van der Waals surface area contributed by atoms with Crippen LogP contribution in [0.3, 0.4) is 0 Å². The molecule has 5 heteroatoms. The van der Waals surface area contributed by atoms with Gasteiger partial charge in [-0.3, -0.25) is 9.59 Å². The van der Waals surface area contributed by atoms with Crippen molar-refractivity contribution in [3.63, 3.8) is 0 Å². The molecule has 4 N–H and O–H groups in total. The van der Waals surface area contributed by atoms with Gasteiger partial charge in [0.05, 0.1) is 0 Å². The molecular formula is C16H18N2O2S. The minimum absolute atomic E-state index is 0.201. The lowest BCUT2D eigenvalue weighted by atomic mass is 9.92. The molecule has 2 aliphatic rings. The molecule has 1 unspecified atom stereocenters. The van der Waals surface area contributed by atoms with E-state index in [1.165, 1.54) is 7.05 Å². The zero-order valence-corrected chi connectivity index (χ0v) is 12.6. The maximum atomic E-state index is 10.7. The van der Waals surface area contributed by atoms with Gasteiger partial charge < -0.3 is 11.5 Å². The first-order valence-electron chi connectivity index (χ1n) is 6.34. The van der Waals surface area contributed by atoms with Crippen LogP contribution in [0.2, 0.25) is 0 Å². The summed E-state index contributed by atoms with van der Waals surface area (Å²) in [5, 5.41) is -0.490. The topological polar surface area (TPSA) is 86.2 Å². The predicted octanol–water partition coefficient (Wildman–Crippen LogP) is 1.95. The number of primary amides is 1. The third-order valence-electron chi connectivity index (χ3n) is 2.77. The van der Waals surface area contributed by atoms with E-state index < -0.39 is 11.2 Å². The Morgan fingerprint density at radius 3 is 1.86 bits per heavy atom. The monoisotopic (exact) mass is 302 g/mol. The largest absolute Gasteiger partial charge is 0.368 e. The molecule has 0 heterocycles. The first kappa shape index (κ1) is 16.9. The lowest BCUT2D eigenvalue weighted by molar-refractivity contribution is -0.117. The second kappa shape index (κ2) is 8.24. The van der Waals surface area contributed by atoms with Gasteiger partial charge in [0.25, 0.3) is 0 Å². The summed E-state index contributed by atoms with van der Waals surface area (Å²) < 4.78 is 0. The van der Waals surface area contributed by atoms with Crippen molar-refractivity contribution < 1.29 is 9.59 Å². The summed E-state index contributed by atoms with van der Waals surface area (Å²) in [7, 11) is 1.50. The van der Waals surface area contributed by atoms with Crippen molar-refractivity contribution in [1.29, 1.82) is 0 Å². The summed E-state index contributed by atoms with van der Waals surface area (Å²) in [6.45, 7) is 0. The van der Waals surface area contributed by atoms with Crippen LogP contribution in [0.4, 0.5) is 0 Å². The Kier molecular flexibility index (Phi) is 6.65. The predicted molar refractivity (Wildman–Crippen MR) is 87.3 cm³/mol. The van der Waals surface area contributed by atoms with E-state index in [0.29, 0.717) is 0 Å². The Labute approximate surface area is 129 Å². The van der Waals surface area contributed by atoms with E-state index in [-0.39, 0.29) is 5.78 Å². The third kappa shape index (κ3) is 4.44. The molecular weight excluding hydrogens is 284 g/mol. The van der Waals surface area contributed by atoms with Crippen LogP contribution in [0.1, 0.15) is 26.7 Å². The number of fused-ring (bicyclic) bond motifs is 2. The second-order valence-electron chi connectivity index (χ2n) is 4.13. The zero-order valence-electron chi connectivity index (χ0n) is 11.7. The van der Waals surface area contributed by atoms with Crippen LogP contribution in [0.5, 0.6) is 0 Å². The average molecular weight is 302 g/mol. The molecule has 0 saturated heterocycles. The lowest BCUT2D eigenvalue weighted by Gasteiger charge is -2.10. The Morgan fingerprint density at radius 1 is 1.00 bits per heavy atom. The smallest absolute Gasteiger partial charge is 0.234 e. The maximum absolute atomic E-state index is 10.7. The van der Waals surface area contributed by atoms with E-state index in [4.69, 9.17) is 5.73 Å². The number of carbonyl (C=O) groups excluding carboxylic acids is 2. The van der Waals surface area contributed by atoms with E-state index in [1.807, 2.05) is 54.6 Å².